The van der Waals surface area contributed by atoms with Crippen LogP contribution in [0.3, 0.4) is 0 Å². The number of β-lactam (4-membered cyclic amide) rings is 1. The van der Waals surface area contributed by atoms with E-state index in [9.17, 15) is 14.4 Å². The van der Waals surface area contributed by atoms with Gasteiger partial charge in [0.2, 0.25) is 6.23 Å². The second-order valence-electron chi connectivity index (χ2n) is 4.22. The van der Waals surface area contributed by atoms with Crippen molar-refractivity contribution in [3.63, 3.8) is 0 Å². The minimum absolute atomic E-state index is 0.0965. The van der Waals surface area contributed by atoms with Gasteiger partial charge in [0.05, 0.1) is 0 Å². The molecule has 1 aliphatic rings. The lowest BCUT2D eigenvalue weighted by Crippen LogP contribution is -2.70. The highest BCUT2D eigenvalue weighted by Crippen LogP contribution is 2.09. The van der Waals surface area contributed by atoms with E-state index in [2.05, 4.69) is 10.6 Å². The average Bonchev–Trinajstić information content (AvgIpc) is 2.43. The molecule has 1 fully saturated rings. The van der Waals surface area contributed by atoms with Crippen molar-refractivity contribution in [2.75, 3.05) is 0 Å². The van der Waals surface area contributed by atoms with E-state index in [1.807, 2.05) is 30.3 Å². The third kappa shape index (κ3) is 3.47. The first kappa shape index (κ1) is 13.9. The Balaban J connectivity index is 1.79. The SMILES string of the molecule is CC(=O)O[C@@H]1NC(=O)[C@H]1NC(=O)OCc1ccccc1. The second-order valence-corrected chi connectivity index (χ2v) is 4.22. The molecule has 0 spiro atoms. The van der Waals surface area contributed by atoms with Gasteiger partial charge in [-0.15, -0.1) is 0 Å². The van der Waals surface area contributed by atoms with E-state index in [1.54, 1.807) is 0 Å². The van der Waals surface area contributed by atoms with Crippen LogP contribution in [0.25, 0.3) is 0 Å². The molecule has 0 saturated carbocycles. The summed E-state index contributed by atoms with van der Waals surface area (Å²) in [4.78, 5) is 33.6. The maximum atomic E-state index is 11.5. The fourth-order valence-corrected chi connectivity index (χ4v) is 1.66. The van der Waals surface area contributed by atoms with E-state index in [1.165, 1.54) is 6.92 Å². The van der Waals surface area contributed by atoms with Gasteiger partial charge in [-0.05, 0) is 5.56 Å². The van der Waals surface area contributed by atoms with Gasteiger partial charge in [0, 0.05) is 6.92 Å². The number of benzene rings is 1. The molecule has 0 aromatic heterocycles. The van der Waals surface area contributed by atoms with Gasteiger partial charge in [-0.1, -0.05) is 30.3 Å². The molecule has 2 amide bonds. The predicted molar refractivity (Wildman–Crippen MR) is 67.2 cm³/mol. The van der Waals surface area contributed by atoms with Gasteiger partial charge >= 0.3 is 12.1 Å². The molecular weight excluding hydrogens is 264 g/mol. The second kappa shape index (κ2) is 6.05. The van der Waals surface area contributed by atoms with Gasteiger partial charge in [0.1, 0.15) is 6.61 Å². The minimum Gasteiger partial charge on any atom is -0.445 e. The summed E-state index contributed by atoms with van der Waals surface area (Å²) >= 11 is 0. The third-order valence-corrected chi connectivity index (χ3v) is 2.65. The van der Waals surface area contributed by atoms with Crippen LogP contribution in [0.15, 0.2) is 30.3 Å². The molecule has 1 aromatic rings. The molecule has 0 aliphatic carbocycles. The fourth-order valence-electron chi connectivity index (χ4n) is 1.66. The molecule has 20 heavy (non-hydrogen) atoms. The lowest BCUT2D eigenvalue weighted by molar-refractivity contribution is -0.162. The Kier molecular flexibility index (Phi) is 4.19. The maximum Gasteiger partial charge on any atom is 0.408 e. The van der Waals surface area contributed by atoms with Gasteiger partial charge in [-0.3, -0.25) is 9.59 Å². The summed E-state index contributed by atoms with van der Waals surface area (Å²) in [5, 5.41) is 4.69. The summed E-state index contributed by atoms with van der Waals surface area (Å²) in [6.07, 6.45) is -1.59. The van der Waals surface area contributed by atoms with Gasteiger partial charge in [-0.2, -0.15) is 0 Å². The van der Waals surface area contributed by atoms with Crippen LogP contribution in [0.4, 0.5) is 4.79 Å². The molecular formula is C13H14N2O5. The molecule has 7 nitrogen and oxygen atoms in total. The quantitative estimate of drug-likeness (QED) is 0.610. The van der Waals surface area contributed by atoms with Crippen molar-refractivity contribution >= 4 is 18.0 Å². The van der Waals surface area contributed by atoms with Crippen LogP contribution in [-0.2, 0) is 25.7 Å². The first-order valence-electron chi connectivity index (χ1n) is 6.01. The Morgan fingerprint density at radius 1 is 1.30 bits per heavy atom. The van der Waals surface area contributed by atoms with E-state index in [0.29, 0.717) is 0 Å². The smallest absolute Gasteiger partial charge is 0.408 e. The normalized spacial score (nSPS) is 20.4. The van der Waals surface area contributed by atoms with E-state index >= 15 is 0 Å². The lowest BCUT2D eigenvalue weighted by Gasteiger charge is -2.35. The van der Waals surface area contributed by atoms with Crippen molar-refractivity contribution in [3.05, 3.63) is 35.9 Å². The molecule has 0 bridgehead atoms. The van der Waals surface area contributed by atoms with Crippen LogP contribution in [0, 0.1) is 0 Å². The first-order chi connectivity index (χ1) is 9.56. The molecule has 0 radical (unpaired) electrons. The molecule has 2 rings (SSSR count). The largest absolute Gasteiger partial charge is 0.445 e. The first-order valence-corrected chi connectivity index (χ1v) is 6.01. The summed E-state index contributed by atoms with van der Waals surface area (Å²) in [5.74, 6) is -0.965. The van der Waals surface area contributed by atoms with Crippen LogP contribution in [0.1, 0.15) is 12.5 Å². The Morgan fingerprint density at radius 2 is 2.00 bits per heavy atom. The summed E-state index contributed by atoms with van der Waals surface area (Å²) in [6.45, 7) is 1.31. The van der Waals surface area contributed by atoms with Crippen molar-refractivity contribution < 1.29 is 23.9 Å². The van der Waals surface area contributed by atoms with Crippen molar-refractivity contribution in [2.24, 2.45) is 0 Å². The fraction of sp³-hybridized carbons (Fsp3) is 0.308. The molecule has 1 saturated heterocycles. The average molecular weight is 278 g/mol. The Hall–Kier alpha value is -2.57. The third-order valence-electron chi connectivity index (χ3n) is 2.65. The van der Waals surface area contributed by atoms with Gasteiger partial charge in [-0.25, -0.2) is 4.79 Å². The highest BCUT2D eigenvalue weighted by atomic mass is 16.6. The Bertz CT molecular complexity index is 517. The van der Waals surface area contributed by atoms with Crippen molar-refractivity contribution in [1.29, 1.82) is 0 Å². The van der Waals surface area contributed by atoms with Gasteiger partial charge in [0.15, 0.2) is 6.04 Å². The zero-order valence-electron chi connectivity index (χ0n) is 10.8. The van der Waals surface area contributed by atoms with Crippen molar-refractivity contribution in [3.8, 4) is 0 Å². The van der Waals surface area contributed by atoms with E-state index in [0.717, 1.165) is 5.56 Å². The molecule has 1 aromatic carbocycles. The van der Waals surface area contributed by atoms with E-state index in [-0.39, 0.29) is 6.61 Å². The molecule has 1 heterocycles. The van der Waals surface area contributed by atoms with Crippen LogP contribution in [0.5, 0.6) is 0 Å². The van der Waals surface area contributed by atoms with Crippen molar-refractivity contribution in [2.45, 2.75) is 25.8 Å². The van der Waals surface area contributed by atoms with E-state index in [4.69, 9.17) is 9.47 Å². The summed E-state index contributed by atoms with van der Waals surface area (Å²) < 4.78 is 9.76. The van der Waals surface area contributed by atoms with E-state index < -0.39 is 30.2 Å². The van der Waals surface area contributed by atoms with Gasteiger partial charge in [0.25, 0.3) is 5.91 Å². The summed E-state index contributed by atoms with van der Waals surface area (Å²) in [7, 11) is 0. The van der Waals surface area contributed by atoms with Gasteiger partial charge < -0.3 is 20.1 Å². The summed E-state index contributed by atoms with van der Waals surface area (Å²) in [6, 6.07) is 8.21. The number of amides is 2. The van der Waals surface area contributed by atoms with Crippen LogP contribution < -0.4 is 10.6 Å². The molecule has 2 N–H and O–H groups in total. The van der Waals surface area contributed by atoms with Crippen LogP contribution in [0.2, 0.25) is 0 Å². The number of nitrogens with one attached hydrogen (secondary N) is 2. The maximum absolute atomic E-state index is 11.5. The highest BCUT2D eigenvalue weighted by molar-refractivity contribution is 5.92. The molecule has 2 atom stereocenters. The topological polar surface area (TPSA) is 93.7 Å². The van der Waals surface area contributed by atoms with Crippen LogP contribution in [-0.4, -0.2) is 30.2 Å². The number of carbonyl (C=O) groups excluding carboxylic acids is 3. The molecule has 1 aliphatic heterocycles. The minimum atomic E-state index is -0.915. The highest BCUT2D eigenvalue weighted by Gasteiger charge is 2.43. The Labute approximate surface area is 115 Å². The number of esters is 1. The molecule has 0 unspecified atom stereocenters. The lowest BCUT2D eigenvalue weighted by atomic mass is 10.1. The summed E-state index contributed by atoms with van der Waals surface area (Å²) in [5.41, 5.74) is 0.831. The number of hydrogen-bond donors (Lipinski definition) is 2. The number of carbonyl (C=O) groups is 3. The molecule has 106 valence electrons. The monoisotopic (exact) mass is 278 g/mol. The predicted octanol–water partition coefficient (Wildman–Crippen LogP) is 0.300. The number of alkyl carbamates (subject to hydrolysis) is 1. The zero-order chi connectivity index (χ0) is 14.5. The number of ether oxygens (including phenoxy) is 2. The number of hydrogen-bond acceptors (Lipinski definition) is 5. The Morgan fingerprint density at radius 3 is 2.60 bits per heavy atom. The molecule has 7 heteroatoms. The number of rotatable bonds is 4. The standard InChI is InChI=1S/C13H14N2O5/c1-8(16)20-12-10(11(17)15-12)14-13(18)19-7-9-5-3-2-4-6-9/h2-6,10,12H,7H2,1H3,(H,14,18)(H,15,17)/t10-,12+/m1/s1. The zero-order valence-corrected chi connectivity index (χ0v) is 10.8. The van der Waals surface area contributed by atoms with Crippen LogP contribution >= 0.6 is 0 Å². The van der Waals surface area contributed by atoms with Crippen molar-refractivity contribution in [1.82, 2.24) is 10.6 Å².